The summed E-state index contributed by atoms with van der Waals surface area (Å²) in [4.78, 5) is 5.04. The molecule has 6 heteroatoms. The van der Waals surface area contributed by atoms with Crippen molar-refractivity contribution >= 4 is 6.08 Å². The molecule has 36 heavy (non-hydrogen) atoms. The third-order valence-electron chi connectivity index (χ3n) is 6.99. The maximum absolute atomic E-state index is 4.59. The molecule has 5 rings (SSSR count). The van der Waals surface area contributed by atoms with Gasteiger partial charge in [0.25, 0.3) is 0 Å². The number of hydrogen-bond acceptors (Lipinski definition) is 5. The third kappa shape index (κ3) is 5.30. The summed E-state index contributed by atoms with van der Waals surface area (Å²) < 4.78 is 1.95. The lowest BCUT2D eigenvalue weighted by atomic mass is 10.0. The highest BCUT2D eigenvalue weighted by molar-refractivity contribution is 5.49. The minimum Gasteiger partial charge on any atom is -0.297 e. The van der Waals surface area contributed by atoms with Crippen LogP contribution in [0.1, 0.15) is 39.7 Å². The maximum atomic E-state index is 4.59. The number of piperazine rings is 1. The Bertz CT molecular complexity index is 1300. The van der Waals surface area contributed by atoms with Crippen molar-refractivity contribution in [2.24, 2.45) is 0 Å². The largest absolute Gasteiger partial charge is 0.297 e. The number of nitrogens with zero attached hydrogens (tertiary/aromatic N) is 6. The normalized spacial score (nSPS) is 16.0. The molecule has 184 valence electrons. The van der Waals surface area contributed by atoms with Crippen LogP contribution in [0.5, 0.6) is 0 Å². The van der Waals surface area contributed by atoms with Gasteiger partial charge in [-0.1, -0.05) is 90.5 Å². The lowest BCUT2D eigenvalue weighted by molar-refractivity contribution is 0.113. The molecule has 0 bridgehead atoms. The molecule has 4 aromatic rings. The molecule has 1 aliphatic heterocycles. The molecular weight excluding hydrogens is 444 g/mol. The molecule has 6 nitrogen and oxygen atoms in total. The van der Waals surface area contributed by atoms with Gasteiger partial charge >= 0.3 is 0 Å². The summed E-state index contributed by atoms with van der Waals surface area (Å²) in [5.41, 5.74) is 7.12. The highest BCUT2D eigenvalue weighted by Gasteiger charge is 2.31. The van der Waals surface area contributed by atoms with E-state index in [1.807, 2.05) is 4.68 Å². The van der Waals surface area contributed by atoms with Crippen molar-refractivity contribution in [1.29, 1.82) is 0 Å². The molecule has 2 heterocycles. The minimum absolute atomic E-state index is 0.0130. The van der Waals surface area contributed by atoms with Crippen LogP contribution in [0.15, 0.2) is 78.9 Å². The van der Waals surface area contributed by atoms with Gasteiger partial charge in [-0.2, -0.15) is 4.68 Å². The van der Waals surface area contributed by atoms with Crippen LogP contribution in [-0.2, 0) is 0 Å². The van der Waals surface area contributed by atoms with Crippen molar-refractivity contribution in [3.05, 3.63) is 113 Å². The highest BCUT2D eigenvalue weighted by Crippen LogP contribution is 2.31. The van der Waals surface area contributed by atoms with E-state index in [1.165, 1.54) is 27.8 Å². The summed E-state index contributed by atoms with van der Waals surface area (Å²) in [5, 5.41) is 13.2. The standard InChI is InChI=1S/C30H34N6/c1-23-10-7-16-27(22-23)29(30-31-32-33-36(30)28-24(2)11-8-12-25(28)3)35-20-18-34(19-21-35)17-9-15-26-13-5-4-6-14-26/h4-16,22,29H,17-21H2,1-3H3. The average Bonchev–Trinajstić information content (AvgIpc) is 3.34. The van der Waals surface area contributed by atoms with Gasteiger partial charge in [0.05, 0.1) is 11.7 Å². The van der Waals surface area contributed by atoms with Crippen LogP contribution in [0.25, 0.3) is 11.8 Å². The molecule has 1 aliphatic rings. The fraction of sp³-hybridized carbons (Fsp3) is 0.300. The van der Waals surface area contributed by atoms with E-state index in [2.05, 4.69) is 131 Å². The maximum Gasteiger partial charge on any atom is 0.178 e. The molecule has 0 N–H and O–H groups in total. The Morgan fingerprint density at radius 1 is 0.833 bits per heavy atom. The molecule has 1 aromatic heterocycles. The Balaban J connectivity index is 1.39. The Morgan fingerprint density at radius 3 is 2.28 bits per heavy atom. The van der Waals surface area contributed by atoms with Crippen molar-refractivity contribution in [3.63, 3.8) is 0 Å². The van der Waals surface area contributed by atoms with Crippen LogP contribution in [0, 0.1) is 20.8 Å². The number of aryl methyl sites for hydroxylation is 3. The van der Waals surface area contributed by atoms with Gasteiger partial charge in [-0.3, -0.25) is 9.80 Å². The first kappa shape index (κ1) is 24.1. The molecular formula is C30H34N6. The predicted octanol–water partition coefficient (Wildman–Crippen LogP) is 5.01. The SMILES string of the molecule is Cc1cccc(C(c2nnnn2-c2c(C)cccc2C)N2CCN(CC=Cc3ccccc3)CC2)c1. The summed E-state index contributed by atoms with van der Waals surface area (Å²) in [7, 11) is 0. The molecule has 1 atom stereocenters. The van der Waals surface area contributed by atoms with E-state index in [-0.39, 0.29) is 6.04 Å². The molecule has 0 saturated carbocycles. The summed E-state index contributed by atoms with van der Waals surface area (Å²) >= 11 is 0. The van der Waals surface area contributed by atoms with Crippen LogP contribution >= 0.6 is 0 Å². The Morgan fingerprint density at radius 2 is 1.56 bits per heavy atom. The minimum atomic E-state index is -0.0130. The van der Waals surface area contributed by atoms with E-state index >= 15 is 0 Å². The second-order valence-corrected chi connectivity index (χ2v) is 9.66. The van der Waals surface area contributed by atoms with Gasteiger partial charge in [-0.25, -0.2) is 0 Å². The second kappa shape index (κ2) is 11.0. The van der Waals surface area contributed by atoms with E-state index in [4.69, 9.17) is 0 Å². The van der Waals surface area contributed by atoms with Gasteiger partial charge in [-0.05, 0) is 53.5 Å². The zero-order valence-electron chi connectivity index (χ0n) is 21.4. The summed E-state index contributed by atoms with van der Waals surface area (Å²) in [5.74, 6) is 0.871. The van der Waals surface area contributed by atoms with Gasteiger partial charge in [0, 0.05) is 32.7 Å². The summed E-state index contributed by atoms with van der Waals surface area (Å²) in [6, 6.07) is 25.6. The first-order valence-corrected chi connectivity index (χ1v) is 12.7. The van der Waals surface area contributed by atoms with Gasteiger partial charge < -0.3 is 0 Å². The predicted molar refractivity (Wildman–Crippen MR) is 145 cm³/mol. The second-order valence-electron chi connectivity index (χ2n) is 9.66. The van der Waals surface area contributed by atoms with Crippen LogP contribution in [0.3, 0.4) is 0 Å². The molecule has 0 aliphatic carbocycles. The number of rotatable bonds is 7. The van der Waals surface area contributed by atoms with Crippen molar-refractivity contribution in [2.45, 2.75) is 26.8 Å². The Hall–Kier alpha value is -3.61. The van der Waals surface area contributed by atoms with Crippen molar-refractivity contribution in [3.8, 4) is 5.69 Å². The summed E-state index contributed by atoms with van der Waals surface area (Å²) in [6.45, 7) is 11.3. The lowest BCUT2D eigenvalue weighted by Crippen LogP contribution is -2.48. The molecule has 0 radical (unpaired) electrons. The van der Waals surface area contributed by atoms with E-state index in [0.717, 1.165) is 44.2 Å². The lowest BCUT2D eigenvalue weighted by Gasteiger charge is -2.38. The van der Waals surface area contributed by atoms with Gasteiger partial charge in [0.2, 0.25) is 0 Å². The number of para-hydroxylation sites is 1. The smallest absolute Gasteiger partial charge is 0.178 e. The third-order valence-corrected chi connectivity index (χ3v) is 6.99. The van der Waals surface area contributed by atoms with Crippen LogP contribution < -0.4 is 0 Å². The first-order chi connectivity index (χ1) is 17.6. The van der Waals surface area contributed by atoms with Gasteiger partial charge in [-0.15, -0.1) is 5.10 Å². The molecule has 3 aromatic carbocycles. The number of benzene rings is 3. The zero-order valence-corrected chi connectivity index (χ0v) is 21.4. The molecule has 1 unspecified atom stereocenters. The van der Waals surface area contributed by atoms with Gasteiger partial charge in [0.15, 0.2) is 5.82 Å². The summed E-state index contributed by atoms with van der Waals surface area (Å²) in [6.07, 6.45) is 4.48. The molecule has 0 amide bonds. The van der Waals surface area contributed by atoms with E-state index in [1.54, 1.807) is 0 Å². The van der Waals surface area contributed by atoms with E-state index < -0.39 is 0 Å². The fourth-order valence-electron chi connectivity index (χ4n) is 5.13. The van der Waals surface area contributed by atoms with Gasteiger partial charge in [0.1, 0.15) is 0 Å². The highest BCUT2D eigenvalue weighted by atomic mass is 15.6. The number of hydrogen-bond donors (Lipinski definition) is 0. The topological polar surface area (TPSA) is 50.1 Å². The van der Waals surface area contributed by atoms with E-state index in [9.17, 15) is 0 Å². The monoisotopic (exact) mass is 478 g/mol. The Labute approximate surface area is 213 Å². The van der Waals surface area contributed by atoms with Crippen molar-refractivity contribution in [1.82, 2.24) is 30.0 Å². The van der Waals surface area contributed by atoms with Crippen molar-refractivity contribution in [2.75, 3.05) is 32.7 Å². The number of aromatic nitrogens is 4. The van der Waals surface area contributed by atoms with Crippen LogP contribution in [-0.4, -0.2) is 62.7 Å². The van der Waals surface area contributed by atoms with Crippen LogP contribution in [0.4, 0.5) is 0 Å². The quantitative estimate of drug-likeness (QED) is 0.374. The Kier molecular flexibility index (Phi) is 7.35. The number of tetrazole rings is 1. The fourth-order valence-corrected chi connectivity index (χ4v) is 5.13. The molecule has 0 spiro atoms. The molecule has 1 saturated heterocycles. The average molecular weight is 479 g/mol. The molecule has 1 fully saturated rings. The van der Waals surface area contributed by atoms with E-state index in [0.29, 0.717) is 0 Å². The first-order valence-electron chi connectivity index (χ1n) is 12.7. The van der Waals surface area contributed by atoms with Crippen LogP contribution in [0.2, 0.25) is 0 Å². The van der Waals surface area contributed by atoms with Crippen molar-refractivity contribution < 1.29 is 0 Å². The zero-order chi connectivity index (χ0) is 24.9.